The Morgan fingerprint density at radius 1 is 1.08 bits per heavy atom. The van der Waals surface area contributed by atoms with Crippen LogP contribution >= 0.6 is 0 Å². The van der Waals surface area contributed by atoms with Crippen molar-refractivity contribution in [2.24, 2.45) is 16.1 Å². The Labute approximate surface area is 152 Å². The number of benzene rings is 1. The number of amides is 1. The molecule has 1 atom stereocenters. The first kappa shape index (κ1) is 18.4. The van der Waals surface area contributed by atoms with Gasteiger partial charge in [-0.05, 0) is 24.6 Å². The molecule has 8 heteroatoms. The van der Waals surface area contributed by atoms with Crippen LogP contribution < -0.4 is 10.0 Å². The van der Waals surface area contributed by atoms with Crippen molar-refractivity contribution < 1.29 is 13.2 Å². The number of azo groups is 1. The number of aryl methyl sites for hydroxylation is 1. The quantitative estimate of drug-likeness (QED) is 0.714. The van der Waals surface area contributed by atoms with Crippen LogP contribution in [-0.2, 0) is 14.8 Å². The van der Waals surface area contributed by atoms with Crippen molar-refractivity contribution in [1.29, 1.82) is 0 Å². The summed E-state index contributed by atoms with van der Waals surface area (Å²) in [6, 6.07) is 6.69. The zero-order chi connectivity index (χ0) is 18.6. The molecule has 1 aliphatic carbocycles. The highest BCUT2D eigenvalue weighted by atomic mass is 32.2. The first-order chi connectivity index (χ1) is 12.5. The second kappa shape index (κ2) is 7.86. The number of fused-ring (bicyclic) bond motifs is 1. The van der Waals surface area contributed by atoms with E-state index in [9.17, 15) is 13.2 Å². The van der Waals surface area contributed by atoms with Crippen LogP contribution in [0.5, 0.6) is 0 Å². The number of hydrogen-bond donors (Lipinski definition) is 2. The van der Waals surface area contributed by atoms with Crippen molar-refractivity contribution in [3.63, 3.8) is 0 Å². The number of carbonyl (C=O) groups excluding carboxylic acids is 1. The van der Waals surface area contributed by atoms with Gasteiger partial charge in [-0.3, -0.25) is 4.79 Å². The molecular weight excluding hydrogens is 352 g/mol. The Bertz CT molecular complexity index is 912. The maximum absolute atomic E-state index is 12.2. The van der Waals surface area contributed by atoms with Gasteiger partial charge in [0.1, 0.15) is 0 Å². The monoisotopic (exact) mass is 372 g/mol. The number of nitrogens with one attached hydrogen (secondary N) is 2. The maximum Gasteiger partial charge on any atom is 0.275 e. The number of nitrogens with zero attached hydrogens (tertiary/aromatic N) is 2. The molecule has 0 radical (unpaired) electrons. The summed E-state index contributed by atoms with van der Waals surface area (Å²) in [5, 5.41) is 10.8. The summed E-state index contributed by atoms with van der Waals surface area (Å²) in [5.74, 6) is -0.635. The van der Waals surface area contributed by atoms with Gasteiger partial charge in [-0.2, -0.15) is 5.11 Å². The van der Waals surface area contributed by atoms with Crippen LogP contribution in [0.2, 0.25) is 0 Å². The number of carbonyl (C=O) groups is 1. The molecule has 0 saturated carbocycles. The van der Waals surface area contributed by atoms with E-state index >= 15 is 0 Å². The van der Waals surface area contributed by atoms with E-state index in [1.54, 1.807) is 30.3 Å². The third-order valence-corrected chi connectivity index (χ3v) is 5.59. The predicted octanol–water partition coefficient (Wildman–Crippen LogP) is 1.85. The molecule has 0 fully saturated rings. The van der Waals surface area contributed by atoms with Crippen molar-refractivity contribution in [2.75, 3.05) is 19.6 Å². The Kier molecular flexibility index (Phi) is 5.55. The van der Waals surface area contributed by atoms with Gasteiger partial charge in [-0.1, -0.05) is 42.0 Å². The van der Waals surface area contributed by atoms with Crippen LogP contribution in [0.15, 0.2) is 75.0 Å². The summed E-state index contributed by atoms with van der Waals surface area (Å²) in [7, 11) is -3.52. The first-order valence-electron chi connectivity index (χ1n) is 8.28. The lowest BCUT2D eigenvalue weighted by Gasteiger charge is -2.19. The second-order valence-electron chi connectivity index (χ2n) is 6.05. The molecule has 0 spiro atoms. The van der Waals surface area contributed by atoms with Crippen molar-refractivity contribution >= 4 is 15.9 Å². The summed E-state index contributed by atoms with van der Waals surface area (Å²) < 4.78 is 26.9. The summed E-state index contributed by atoms with van der Waals surface area (Å²) in [6.45, 7) is 2.98. The van der Waals surface area contributed by atoms with Crippen LogP contribution in [0.4, 0.5) is 0 Å². The average Bonchev–Trinajstić information content (AvgIpc) is 2.64. The third-order valence-electron chi connectivity index (χ3n) is 4.11. The lowest BCUT2D eigenvalue weighted by molar-refractivity contribution is -0.120. The summed E-state index contributed by atoms with van der Waals surface area (Å²) in [6.07, 6.45) is 7.33. The highest BCUT2D eigenvalue weighted by Crippen LogP contribution is 2.27. The number of rotatable bonds is 7. The standard InChI is InChI=1S/C18H20N4O3S/c1-13-6-8-14(9-7-13)26(24,25)20-11-10-19-12-17-15-4-2-3-5-16(15)18(23)22-21-17/h2-9,16,19-20H,10-12H2,1H3. The molecule has 26 heavy (non-hydrogen) atoms. The number of sulfonamides is 1. The van der Waals surface area contributed by atoms with E-state index < -0.39 is 10.0 Å². The molecule has 0 saturated heterocycles. The van der Waals surface area contributed by atoms with Crippen molar-refractivity contribution in [1.82, 2.24) is 10.0 Å². The molecule has 0 aromatic heterocycles. The molecule has 1 aliphatic heterocycles. The van der Waals surface area contributed by atoms with Gasteiger partial charge in [-0.25, -0.2) is 13.1 Å². The van der Waals surface area contributed by atoms with Crippen LogP contribution in [0.1, 0.15) is 5.56 Å². The van der Waals surface area contributed by atoms with E-state index in [4.69, 9.17) is 0 Å². The van der Waals surface area contributed by atoms with Crippen molar-refractivity contribution in [3.8, 4) is 0 Å². The summed E-state index contributed by atoms with van der Waals surface area (Å²) in [4.78, 5) is 12.0. The molecule has 1 heterocycles. The third kappa shape index (κ3) is 4.21. The normalized spacial score (nSPS) is 19.1. The molecule has 1 aromatic carbocycles. The molecule has 136 valence electrons. The van der Waals surface area contributed by atoms with Crippen LogP contribution in [0, 0.1) is 12.8 Å². The molecule has 1 amide bonds. The van der Waals surface area contributed by atoms with Crippen LogP contribution in [-0.4, -0.2) is 34.0 Å². The minimum Gasteiger partial charge on any atom is -0.310 e. The van der Waals surface area contributed by atoms with Gasteiger partial charge in [0, 0.05) is 19.6 Å². The first-order valence-corrected chi connectivity index (χ1v) is 9.76. The molecule has 1 unspecified atom stereocenters. The van der Waals surface area contributed by atoms with Gasteiger partial charge in [0.05, 0.1) is 16.5 Å². The van der Waals surface area contributed by atoms with Gasteiger partial charge >= 0.3 is 0 Å². The van der Waals surface area contributed by atoms with Gasteiger partial charge in [0.2, 0.25) is 10.0 Å². The minimum atomic E-state index is -3.52. The van der Waals surface area contributed by atoms with Crippen LogP contribution in [0.25, 0.3) is 0 Å². The Morgan fingerprint density at radius 3 is 2.62 bits per heavy atom. The van der Waals surface area contributed by atoms with E-state index in [-0.39, 0.29) is 23.3 Å². The van der Waals surface area contributed by atoms with Crippen LogP contribution in [0.3, 0.4) is 0 Å². The van der Waals surface area contributed by atoms with E-state index in [0.29, 0.717) is 18.8 Å². The smallest absolute Gasteiger partial charge is 0.275 e. The predicted molar refractivity (Wildman–Crippen MR) is 97.9 cm³/mol. The van der Waals surface area contributed by atoms with Gasteiger partial charge in [0.15, 0.2) is 0 Å². The topological polar surface area (TPSA) is 100.0 Å². The summed E-state index contributed by atoms with van der Waals surface area (Å²) >= 11 is 0. The minimum absolute atomic E-state index is 0.244. The molecular formula is C18H20N4O3S. The van der Waals surface area contributed by atoms with E-state index in [2.05, 4.69) is 20.3 Å². The highest BCUT2D eigenvalue weighted by molar-refractivity contribution is 7.89. The average molecular weight is 372 g/mol. The Morgan fingerprint density at radius 2 is 1.85 bits per heavy atom. The molecule has 2 aliphatic rings. The Balaban J connectivity index is 1.51. The van der Waals surface area contributed by atoms with E-state index in [1.165, 1.54) is 0 Å². The molecule has 2 N–H and O–H groups in total. The summed E-state index contributed by atoms with van der Waals surface area (Å²) in [5.41, 5.74) is 2.53. The SMILES string of the molecule is Cc1ccc(S(=O)(=O)NCCNCC2=C3C=CC=CC3C(=O)N=N2)cc1. The van der Waals surface area contributed by atoms with Gasteiger partial charge in [-0.15, -0.1) is 5.11 Å². The lowest BCUT2D eigenvalue weighted by Crippen LogP contribution is -2.33. The Hall–Kier alpha value is -2.42. The van der Waals surface area contributed by atoms with Crippen molar-refractivity contribution in [3.05, 3.63) is 65.4 Å². The maximum atomic E-state index is 12.2. The largest absolute Gasteiger partial charge is 0.310 e. The number of allylic oxidation sites excluding steroid dienone is 3. The molecule has 0 bridgehead atoms. The van der Waals surface area contributed by atoms with E-state index in [1.807, 2.05) is 25.2 Å². The zero-order valence-corrected chi connectivity index (χ0v) is 15.2. The molecule has 3 rings (SSSR count). The highest BCUT2D eigenvalue weighted by Gasteiger charge is 2.26. The fraction of sp³-hybridized carbons (Fsp3) is 0.278. The molecule has 1 aromatic rings. The lowest BCUT2D eigenvalue weighted by atomic mass is 9.91. The molecule has 7 nitrogen and oxygen atoms in total. The van der Waals surface area contributed by atoms with Crippen molar-refractivity contribution in [2.45, 2.75) is 11.8 Å². The second-order valence-corrected chi connectivity index (χ2v) is 7.82. The fourth-order valence-electron chi connectivity index (χ4n) is 2.68. The van der Waals surface area contributed by atoms with Gasteiger partial charge < -0.3 is 5.32 Å². The zero-order valence-electron chi connectivity index (χ0n) is 14.3. The van der Waals surface area contributed by atoms with Gasteiger partial charge in [0.25, 0.3) is 5.91 Å². The van der Waals surface area contributed by atoms with E-state index in [0.717, 1.165) is 11.1 Å². The number of hydrogen-bond acceptors (Lipinski definition) is 5. The fourth-order valence-corrected chi connectivity index (χ4v) is 3.71.